The topological polar surface area (TPSA) is 60.2 Å². The number of nitro groups is 1. The number of Topliss-reactive ketones (excluding diaryl/α,β-unsaturated/α-hetero) is 1. The lowest BCUT2D eigenvalue weighted by Crippen LogP contribution is -2.00. The van der Waals surface area contributed by atoms with Gasteiger partial charge in [-0.1, -0.05) is 6.07 Å². The molecule has 0 heterocycles. The van der Waals surface area contributed by atoms with Crippen molar-refractivity contribution in [2.45, 2.75) is 19.8 Å². The molecular weight excluding hydrogens is 182 g/mol. The second-order valence-corrected chi connectivity index (χ2v) is 3.42. The summed E-state index contributed by atoms with van der Waals surface area (Å²) in [5.41, 5.74) is 2.06. The van der Waals surface area contributed by atoms with Gasteiger partial charge in [0.15, 0.2) is 5.78 Å². The lowest BCUT2D eigenvalue weighted by molar-refractivity contribution is -0.385. The van der Waals surface area contributed by atoms with Crippen LogP contribution in [0.2, 0.25) is 0 Å². The summed E-state index contributed by atoms with van der Waals surface area (Å²) in [4.78, 5) is 21.6. The van der Waals surface area contributed by atoms with Crippen molar-refractivity contribution in [3.8, 4) is 0 Å². The molecule has 0 aliphatic heterocycles. The van der Waals surface area contributed by atoms with E-state index in [1.165, 1.54) is 6.07 Å². The molecule has 0 bridgehead atoms. The van der Waals surface area contributed by atoms with Crippen molar-refractivity contribution in [1.82, 2.24) is 0 Å². The molecule has 0 N–H and O–H groups in total. The van der Waals surface area contributed by atoms with E-state index in [0.29, 0.717) is 24.0 Å². The van der Waals surface area contributed by atoms with Crippen molar-refractivity contribution in [2.75, 3.05) is 0 Å². The Morgan fingerprint density at radius 2 is 2.07 bits per heavy atom. The fourth-order valence-electron chi connectivity index (χ4n) is 1.92. The number of nitro benzene ring substituents is 1. The highest BCUT2D eigenvalue weighted by Crippen LogP contribution is 2.30. The molecule has 0 aromatic heterocycles. The highest BCUT2D eigenvalue weighted by atomic mass is 16.6. The average molecular weight is 191 g/mol. The first-order valence-corrected chi connectivity index (χ1v) is 4.41. The molecule has 0 unspecified atom stereocenters. The van der Waals surface area contributed by atoms with Crippen LogP contribution in [0.3, 0.4) is 0 Å². The Hall–Kier alpha value is -1.71. The largest absolute Gasteiger partial charge is 0.294 e. The molecule has 4 nitrogen and oxygen atoms in total. The maximum Gasteiger partial charge on any atom is 0.273 e. The van der Waals surface area contributed by atoms with Gasteiger partial charge in [0.1, 0.15) is 0 Å². The molecule has 0 spiro atoms. The molecule has 1 aliphatic rings. The fourth-order valence-corrected chi connectivity index (χ4v) is 1.92. The van der Waals surface area contributed by atoms with E-state index in [-0.39, 0.29) is 11.5 Å². The van der Waals surface area contributed by atoms with E-state index in [1.54, 1.807) is 13.0 Å². The molecule has 0 saturated carbocycles. The molecule has 0 radical (unpaired) electrons. The molecule has 0 atom stereocenters. The molecule has 1 aromatic carbocycles. The van der Waals surface area contributed by atoms with Crippen LogP contribution >= 0.6 is 0 Å². The number of aryl methyl sites for hydroxylation is 1. The van der Waals surface area contributed by atoms with Gasteiger partial charge in [0.25, 0.3) is 5.69 Å². The van der Waals surface area contributed by atoms with Crippen molar-refractivity contribution < 1.29 is 9.72 Å². The summed E-state index contributed by atoms with van der Waals surface area (Å²) >= 11 is 0. The highest BCUT2D eigenvalue weighted by Gasteiger charge is 2.26. The van der Waals surface area contributed by atoms with E-state index in [2.05, 4.69) is 0 Å². The third kappa shape index (κ3) is 1.11. The van der Waals surface area contributed by atoms with Crippen molar-refractivity contribution in [3.63, 3.8) is 0 Å². The van der Waals surface area contributed by atoms with Gasteiger partial charge in [-0.3, -0.25) is 14.9 Å². The van der Waals surface area contributed by atoms with Crippen LogP contribution in [-0.4, -0.2) is 10.7 Å². The summed E-state index contributed by atoms with van der Waals surface area (Å²) in [6, 6.07) is 3.16. The van der Waals surface area contributed by atoms with Crippen LogP contribution in [0.25, 0.3) is 0 Å². The van der Waals surface area contributed by atoms with Crippen molar-refractivity contribution in [3.05, 3.63) is 38.9 Å². The van der Waals surface area contributed by atoms with E-state index >= 15 is 0 Å². The average Bonchev–Trinajstić information content (AvgIpc) is 2.48. The summed E-state index contributed by atoms with van der Waals surface area (Å²) in [6.45, 7) is 1.64. The Bertz CT molecular complexity index is 437. The monoisotopic (exact) mass is 191 g/mol. The van der Waals surface area contributed by atoms with Crippen LogP contribution in [0.5, 0.6) is 0 Å². The van der Waals surface area contributed by atoms with Gasteiger partial charge in [-0.2, -0.15) is 0 Å². The van der Waals surface area contributed by atoms with Crippen molar-refractivity contribution in [2.24, 2.45) is 0 Å². The number of ketones is 1. The number of carbonyl (C=O) groups excluding carboxylic acids is 1. The van der Waals surface area contributed by atoms with Gasteiger partial charge in [0, 0.05) is 23.6 Å². The first kappa shape index (κ1) is 8.87. The van der Waals surface area contributed by atoms with Gasteiger partial charge < -0.3 is 0 Å². The Labute approximate surface area is 80.7 Å². The third-order valence-corrected chi connectivity index (χ3v) is 2.62. The Morgan fingerprint density at radius 1 is 1.36 bits per heavy atom. The summed E-state index contributed by atoms with van der Waals surface area (Å²) < 4.78 is 0. The Balaban J connectivity index is 2.67. The molecule has 4 heteroatoms. The Morgan fingerprint density at radius 3 is 2.71 bits per heavy atom. The van der Waals surface area contributed by atoms with E-state index in [9.17, 15) is 14.9 Å². The lowest BCUT2D eigenvalue weighted by Gasteiger charge is -2.02. The standard InChI is InChI=1S/C10H9NO3/c1-6-8(11(13)14)4-2-7-3-5-9(12)10(6)7/h2,4H,3,5H2,1H3. The molecule has 0 amide bonds. The third-order valence-electron chi connectivity index (χ3n) is 2.62. The Kier molecular flexibility index (Phi) is 1.84. The molecule has 0 saturated heterocycles. The number of rotatable bonds is 1. The van der Waals surface area contributed by atoms with Crippen LogP contribution in [-0.2, 0) is 6.42 Å². The van der Waals surface area contributed by atoms with Crippen LogP contribution in [0, 0.1) is 17.0 Å². The van der Waals surface area contributed by atoms with Gasteiger partial charge in [-0.15, -0.1) is 0 Å². The molecule has 1 aliphatic carbocycles. The van der Waals surface area contributed by atoms with Crippen LogP contribution in [0.4, 0.5) is 5.69 Å². The van der Waals surface area contributed by atoms with E-state index < -0.39 is 4.92 Å². The zero-order chi connectivity index (χ0) is 10.3. The minimum Gasteiger partial charge on any atom is -0.294 e. The summed E-state index contributed by atoms with van der Waals surface area (Å²) in [5, 5.41) is 10.6. The first-order chi connectivity index (χ1) is 6.61. The number of hydrogen-bond acceptors (Lipinski definition) is 3. The normalized spacial score (nSPS) is 14.2. The number of hydrogen-bond donors (Lipinski definition) is 0. The van der Waals surface area contributed by atoms with Crippen LogP contribution in [0.15, 0.2) is 12.1 Å². The maximum absolute atomic E-state index is 11.4. The van der Waals surface area contributed by atoms with Crippen LogP contribution < -0.4 is 0 Å². The molecular formula is C10H9NO3. The van der Waals surface area contributed by atoms with Gasteiger partial charge in [-0.25, -0.2) is 0 Å². The first-order valence-electron chi connectivity index (χ1n) is 4.41. The lowest BCUT2D eigenvalue weighted by atomic mass is 10.0. The van der Waals surface area contributed by atoms with E-state index in [4.69, 9.17) is 0 Å². The molecule has 14 heavy (non-hydrogen) atoms. The molecule has 72 valence electrons. The van der Waals surface area contributed by atoms with Gasteiger partial charge in [0.05, 0.1) is 4.92 Å². The van der Waals surface area contributed by atoms with E-state index in [0.717, 1.165) is 5.56 Å². The molecule has 1 aromatic rings. The molecule has 0 fully saturated rings. The van der Waals surface area contributed by atoms with E-state index in [1.807, 2.05) is 0 Å². The maximum atomic E-state index is 11.4. The van der Waals surface area contributed by atoms with Gasteiger partial charge in [-0.05, 0) is 18.9 Å². The summed E-state index contributed by atoms with van der Waals surface area (Å²) in [7, 11) is 0. The SMILES string of the molecule is Cc1c([N+](=O)[O-])ccc2c1C(=O)CC2. The second-order valence-electron chi connectivity index (χ2n) is 3.42. The zero-order valence-electron chi connectivity index (χ0n) is 7.74. The predicted molar refractivity (Wildman–Crippen MR) is 50.5 cm³/mol. The van der Waals surface area contributed by atoms with Gasteiger partial charge >= 0.3 is 0 Å². The predicted octanol–water partition coefficient (Wildman–Crippen LogP) is 2.03. The highest BCUT2D eigenvalue weighted by molar-refractivity contribution is 6.02. The number of benzene rings is 1. The summed E-state index contributed by atoms with van der Waals surface area (Å²) in [5.74, 6) is 0.0289. The van der Waals surface area contributed by atoms with Crippen molar-refractivity contribution in [1.29, 1.82) is 0 Å². The second kappa shape index (κ2) is 2.90. The minimum atomic E-state index is -0.443. The summed E-state index contributed by atoms with van der Waals surface area (Å²) in [6.07, 6.45) is 1.20. The number of fused-ring (bicyclic) bond motifs is 1. The minimum absolute atomic E-state index is 0.0289. The zero-order valence-corrected chi connectivity index (χ0v) is 7.74. The van der Waals surface area contributed by atoms with Crippen LogP contribution in [0.1, 0.15) is 27.9 Å². The van der Waals surface area contributed by atoms with Gasteiger partial charge in [0.2, 0.25) is 0 Å². The number of carbonyl (C=O) groups is 1. The van der Waals surface area contributed by atoms with Crippen molar-refractivity contribution >= 4 is 11.5 Å². The quantitative estimate of drug-likeness (QED) is 0.504. The number of nitrogens with zero attached hydrogens (tertiary/aromatic N) is 1. The molecule has 2 rings (SSSR count). The fraction of sp³-hybridized carbons (Fsp3) is 0.300. The smallest absolute Gasteiger partial charge is 0.273 e.